The van der Waals surface area contributed by atoms with Crippen LogP contribution in [0.2, 0.25) is 0 Å². The number of hydrogen-bond donors (Lipinski definition) is 0. The summed E-state index contributed by atoms with van der Waals surface area (Å²) in [6.07, 6.45) is 0. The summed E-state index contributed by atoms with van der Waals surface area (Å²) in [6, 6.07) is 88.7. The van der Waals surface area contributed by atoms with Crippen LogP contribution in [0.4, 0.5) is 17.1 Å². The molecule has 0 fully saturated rings. The van der Waals surface area contributed by atoms with Crippen LogP contribution in [0.3, 0.4) is 0 Å². The fourth-order valence-corrected chi connectivity index (χ4v) is 12.3. The molecule has 0 saturated carbocycles. The Morgan fingerprint density at radius 2 is 0.829 bits per heavy atom. The summed E-state index contributed by atoms with van der Waals surface area (Å²) >= 11 is 0. The Balaban J connectivity index is 1.09. The molecule has 0 saturated heterocycles. The second-order valence-corrected chi connectivity index (χ2v) is 20.9. The van der Waals surface area contributed by atoms with Gasteiger partial charge in [0.15, 0.2) is 0 Å². The number of nitrogens with zero attached hydrogens (tertiary/aromatic N) is 2. The highest BCUT2D eigenvalue weighted by atomic mass is 15.1. The number of benzene rings is 10. The van der Waals surface area contributed by atoms with Gasteiger partial charge in [-0.1, -0.05) is 211 Å². The smallest absolute Gasteiger partial charge is 0.0715 e. The fraction of sp³-hybridized carbons (Fsp3) is 0.118. The van der Waals surface area contributed by atoms with Gasteiger partial charge in [-0.05, 0) is 138 Å². The van der Waals surface area contributed by atoms with Crippen molar-refractivity contribution in [2.75, 3.05) is 4.90 Å². The summed E-state index contributed by atoms with van der Waals surface area (Å²) < 4.78 is 2.54. The first kappa shape index (κ1) is 41.9. The van der Waals surface area contributed by atoms with Gasteiger partial charge in [0.2, 0.25) is 0 Å². The van der Waals surface area contributed by atoms with Crippen LogP contribution >= 0.6 is 0 Å². The SMILES string of the molecule is CC(C)(C)c1cc2c(cc1-n1c3ccccc3c3ccccc31)C(c1ccccc1)(c1ccccc1)c1cc(N(c3ccc(-c4ccccc4)cc3)c3ccc4c(c3)C(C)(C)c3ccccc3-4)ccc1-2. The van der Waals surface area contributed by atoms with E-state index >= 15 is 0 Å². The molecule has 0 spiro atoms. The lowest BCUT2D eigenvalue weighted by molar-refractivity contribution is 0.587. The molecule has 2 nitrogen and oxygen atoms in total. The van der Waals surface area contributed by atoms with Gasteiger partial charge < -0.3 is 9.47 Å². The first-order valence-corrected chi connectivity index (χ1v) is 24.8. The van der Waals surface area contributed by atoms with Crippen molar-refractivity contribution in [2.24, 2.45) is 0 Å². The van der Waals surface area contributed by atoms with Crippen LogP contribution in [-0.4, -0.2) is 4.57 Å². The average Bonchev–Trinajstić information content (AvgIpc) is 3.97. The van der Waals surface area contributed by atoms with E-state index in [1.165, 1.54) is 99.8 Å². The van der Waals surface area contributed by atoms with E-state index in [-0.39, 0.29) is 10.8 Å². The van der Waals surface area contributed by atoms with Gasteiger partial charge in [-0.25, -0.2) is 0 Å². The Bertz CT molecular complexity index is 3720. The molecule has 11 aromatic rings. The monoisotopic (exact) mass is 898 g/mol. The summed E-state index contributed by atoms with van der Waals surface area (Å²) in [5.74, 6) is 0. The van der Waals surface area contributed by atoms with E-state index in [1.807, 2.05) is 0 Å². The molecule has 2 heteroatoms. The molecule has 1 aromatic heterocycles. The van der Waals surface area contributed by atoms with E-state index in [0.29, 0.717) is 0 Å². The third-order valence-electron chi connectivity index (χ3n) is 15.6. The van der Waals surface area contributed by atoms with Crippen LogP contribution in [0.1, 0.15) is 73.6 Å². The lowest BCUT2D eigenvalue weighted by Gasteiger charge is -2.36. The largest absolute Gasteiger partial charge is 0.310 e. The molecule has 2 aliphatic rings. The zero-order valence-electron chi connectivity index (χ0n) is 40.4. The maximum atomic E-state index is 2.56. The molecular weight excluding hydrogens is 845 g/mol. The summed E-state index contributed by atoms with van der Waals surface area (Å²) in [5, 5.41) is 2.53. The molecule has 0 bridgehead atoms. The van der Waals surface area contributed by atoms with Crippen molar-refractivity contribution in [3.8, 4) is 39.1 Å². The number of rotatable bonds is 7. The van der Waals surface area contributed by atoms with Crippen LogP contribution in [-0.2, 0) is 16.2 Å². The molecule has 0 aliphatic heterocycles. The Morgan fingerprint density at radius 1 is 0.371 bits per heavy atom. The maximum Gasteiger partial charge on any atom is 0.0715 e. The molecule has 0 amide bonds. The minimum Gasteiger partial charge on any atom is -0.310 e. The molecule has 336 valence electrons. The third-order valence-corrected chi connectivity index (χ3v) is 15.6. The molecule has 0 unspecified atom stereocenters. The number of fused-ring (bicyclic) bond motifs is 9. The van der Waals surface area contributed by atoms with Gasteiger partial charge in [-0.3, -0.25) is 0 Å². The van der Waals surface area contributed by atoms with Gasteiger partial charge >= 0.3 is 0 Å². The quantitative estimate of drug-likeness (QED) is 0.155. The molecule has 0 atom stereocenters. The van der Waals surface area contributed by atoms with E-state index in [2.05, 4.69) is 281 Å². The highest BCUT2D eigenvalue weighted by molar-refractivity contribution is 6.09. The average molecular weight is 899 g/mol. The van der Waals surface area contributed by atoms with Crippen LogP contribution in [0.25, 0.3) is 60.9 Å². The molecule has 1 heterocycles. The summed E-state index contributed by atoms with van der Waals surface area (Å²) in [5.41, 5.74) is 22.7. The van der Waals surface area contributed by atoms with Gasteiger partial charge in [0.05, 0.1) is 22.1 Å². The van der Waals surface area contributed by atoms with Crippen molar-refractivity contribution in [3.63, 3.8) is 0 Å². The molecule has 0 N–H and O–H groups in total. The van der Waals surface area contributed by atoms with Crippen molar-refractivity contribution < 1.29 is 0 Å². The highest BCUT2D eigenvalue weighted by Gasteiger charge is 2.48. The zero-order valence-corrected chi connectivity index (χ0v) is 40.4. The first-order valence-electron chi connectivity index (χ1n) is 24.8. The summed E-state index contributed by atoms with van der Waals surface area (Å²) in [4.78, 5) is 2.49. The van der Waals surface area contributed by atoms with Gasteiger partial charge in [0.1, 0.15) is 0 Å². The topological polar surface area (TPSA) is 8.17 Å². The van der Waals surface area contributed by atoms with Crippen molar-refractivity contribution >= 4 is 38.9 Å². The van der Waals surface area contributed by atoms with Crippen LogP contribution < -0.4 is 4.90 Å². The molecular formula is C68H54N2. The zero-order chi connectivity index (χ0) is 47.4. The van der Waals surface area contributed by atoms with Crippen molar-refractivity contribution in [2.45, 2.75) is 50.9 Å². The van der Waals surface area contributed by atoms with Gasteiger partial charge in [0, 0.05) is 33.2 Å². The number of para-hydroxylation sites is 2. The number of aromatic nitrogens is 1. The van der Waals surface area contributed by atoms with Crippen molar-refractivity contribution in [3.05, 3.63) is 276 Å². The van der Waals surface area contributed by atoms with E-state index in [0.717, 1.165) is 17.1 Å². The predicted octanol–water partition coefficient (Wildman–Crippen LogP) is 17.9. The molecule has 2 aliphatic carbocycles. The van der Waals surface area contributed by atoms with Crippen molar-refractivity contribution in [1.29, 1.82) is 0 Å². The van der Waals surface area contributed by atoms with Crippen LogP contribution in [0.5, 0.6) is 0 Å². The third kappa shape index (κ3) is 6.19. The molecule has 0 radical (unpaired) electrons. The van der Waals surface area contributed by atoms with E-state index in [9.17, 15) is 0 Å². The summed E-state index contributed by atoms with van der Waals surface area (Å²) in [6.45, 7) is 11.8. The second-order valence-electron chi connectivity index (χ2n) is 20.9. The maximum absolute atomic E-state index is 2.56. The minimum absolute atomic E-state index is 0.154. The Kier molecular flexibility index (Phi) is 9.39. The number of hydrogen-bond acceptors (Lipinski definition) is 1. The molecule has 10 aromatic carbocycles. The highest BCUT2D eigenvalue weighted by Crippen LogP contribution is 2.59. The van der Waals surface area contributed by atoms with Crippen LogP contribution in [0.15, 0.2) is 237 Å². The Hall–Kier alpha value is -8.20. The van der Waals surface area contributed by atoms with E-state index in [1.54, 1.807) is 0 Å². The standard InChI is InChI=1S/C68H54N2/c1-66(2,3)62-43-57-54-40-38-51(69(49-35-33-46(34-36-49)45-21-9-6-10-22-45)50-37-39-53-52-27-15-18-30-58(52)67(4,5)59(53)41-50)42-60(54)68(47-23-11-7-12-24-47,48-25-13-8-14-26-48)61(57)44-65(62)70-63-31-19-16-28-55(63)56-29-17-20-32-64(56)70/h6-44H,1-5H3. The van der Waals surface area contributed by atoms with E-state index in [4.69, 9.17) is 0 Å². The number of anilines is 3. The Morgan fingerprint density at radius 3 is 1.43 bits per heavy atom. The predicted molar refractivity (Wildman–Crippen MR) is 294 cm³/mol. The normalized spacial score (nSPS) is 14.0. The lowest BCUT2D eigenvalue weighted by atomic mass is 9.67. The summed E-state index contributed by atoms with van der Waals surface area (Å²) in [7, 11) is 0. The first-order chi connectivity index (χ1) is 34.1. The second kappa shape index (κ2) is 15.7. The van der Waals surface area contributed by atoms with E-state index < -0.39 is 5.41 Å². The fourth-order valence-electron chi connectivity index (χ4n) is 12.3. The minimum atomic E-state index is -0.655. The van der Waals surface area contributed by atoms with Gasteiger partial charge in [-0.15, -0.1) is 0 Å². The van der Waals surface area contributed by atoms with Gasteiger partial charge in [0.25, 0.3) is 0 Å². The van der Waals surface area contributed by atoms with Gasteiger partial charge in [-0.2, -0.15) is 0 Å². The molecule has 70 heavy (non-hydrogen) atoms. The van der Waals surface area contributed by atoms with Crippen LogP contribution in [0, 0.1) is 0 Å². The molecule has 13 rings (SSSR count). The Labute approximate surface area is 411 Å². The van der Waals surface area contributed by atoms with Crippen molar-refractivity contribution in [1.82, 2.24) is 4.57 Å². The lowest BCUT2D eigenvalue weighted by Crippen LogP contribution is -2.29.